The van der Waals surface area contributed by atoms with Crippen LogP contribution in [0.15, 0.2) is 51.8 Å². The maximum Gasteiger partial charge on any atom is 0.337 e. The second-order valence-electron chi connectivity index (χ2n) is 5.23. The highest BCUT2D eigenvalue weighted by atomic mass is 16.5. The molecule has 25 heavy (non-hydrogen) atoms. The number of aromatic nitrogens is 2. The van der Waals surface area contributed by atoms with Crippen molar-refractivity contribution in [2.24, 2.45) is 0 Å². The lowest BCUT2D eigenvalue weighted by atomic mass is 10.1. The van der Waals surface area contributed by atoms with Crippen LogP contribution in [0.25, 0.3) is 11.4 Å². The van der Waals surface area contributed by atoms with Gasteiger partial charge in [-0.25, -0.2) is 4.79 Å². The van der Waals surface area contributed by atoms with E-state index in [0.717, 1.165) is 0 Å². The van der Waals surface area contributed by atoms with Crippen molar-refractivity contribution < 1.29 is 23.3 Å². The van der Waals surface area contributed by atoms with Crippen molar-refractivity contribution in [2.75, 3.05) is 7.11 Å². The Kier molecular flexibility index (Phi) is 4.60. The van der Waals surface area contributed by atoms with Gasteiger partial charge < -0.3 is 19.0 Å². The van der Waals surface area contributed by atoms with Crippen LogP contribution in [0.5, 0.6) is 0 Å². The number of nitrogens with zero attached hydrogens (tertiary/aromatic N) is 2. The number of hydrogen-bond acceptors (Lipinski definition) is 7. The highest BCUT2D eigenvalue weighted by molar-refractivity contribution is 5.94. The summed E-state index contributed by atoms with van der Waals surface area (Å²) in [6.07, 6.45) is 2.77. The minimum absolute atomic E-state index is 0.267. The predicted octanol–water partition coefficient (Wildman–Crippen LogP) is 2.61. The number of hydrogen-bond donors (Lipinski definition) is 1. The molecule has 3 aromatic rings. The molecule has 1 atom stereocenters. The summed E-state index contributed by atoms with van der Waals surface area (Å²) >= 11 is 0. The van der Waals surface area contributed by atoms with E-state index in [0.29, 0.717) is 22.5 Å². The monoisotopic (exact) mass is 341 g/mol. The molecule has 0 saturated heterocycles. The maximum absolute atomic E-state index is 12.0. The summed E-state index contributed by atoms with van der Waals surface area (Å²) in [4.78, 5) is 27.7. The number of nitrogens with one attached hydrogen (secondary N) is 1. The molecule has 3 rings (SSSR count). The molecule has 2 aromatic heterocycles. The van der Waals surface area contributed by atoms with Crippen LogP contribution in [0, 0.1) is 0 Å². The van der Waals surface area contributed by atoms with Gasteiger partial charge >= 0.3 is 5.97 Å². The molecule has 0 aliphatic heterocycles. The van der Waals surface area contributed by atoms with Gasteiger partial charge in [-0.15, -0.1) is 0 Å². The Hall–Kier alpha value is -3.42. The lowest BCUT2D eigenvalue weighted by Crippen LogP contribution is -2.26. The second kappa shape index (κ2) is 7.00. The number of esters is 1. The first-order valence-corrected chi connectivity index (χ1v) is 7.44. The van der Waals surface area contributed by atoms with Gasteiger partial charge in [0.1, 0.15) is 12.3 Å². The van der Waals surface area contributed by atoms with Crippen LogP contribution in [-0.4, -0.2) is 29.1 Å². The van der Waals surface area contributed by atoms with Crippen molar-refractivity contribution in [3.63, 3.8) is 0 Å². The van der Waals surface area contributed by atoms with Gasteiger partial charge in [0.15, 0.2) is 0 Å². The largest absolute Gasteiger partial charge is 0.472 e. The Bertz CT molecular complexity index is 868. The zero-order chi connectivity index (χ0) is 17.8. The minimum atomic E-state index is -0.474. The van der Waals surface area contributed by atoms with Crippen LogP contribution in [0.3, 0.4) is 0 Å². The minimum Gasteiger partial charge on any atom is -0.472 e. The topological polar surface area (TPSA) is 107 Å². The Morgan fingerprint density at radius 3 is 2.56 bits per heavy atom. The van der Waals surface area contributed by atoms with E-state index < -0.39 is 12.0 Å². The van der Waals surface area contributed by atoms with E-state index >= 15 is 0 Å². The van der Waals surface area contributed by atoms with Crippen LogP contribution in [0.2, 0.25) is 0 Å². The van der Waals surface area contributed by atoms with Crippen LogP contribution < -0.4 is 5.32 Å². The zero-order valence-electron chi connectivity index (χ0n) is 13.6. The first-order chi connectivity index (χ1) is 12.1. The van der Waals surface area contributed by atoms with Crippen molar-refractivity contribution in [1.29, 1.82) is 0 Å². The fourth-order valence-corrected chi connectivity index (χ4v) is 2.14. The molecular weight excluding hydrogens is 326 g/mol. The molecule has 0 spiro atoms. The molecule has 8 heteroatoms. The molecule has 128 valence electrons. The summed E-state index contributed by atoms with van der Waals surface area (Å²) in [6, 6.07) is 7.69. The summed E-state index contributed by atoms with van der Waals surface area (Å²) in [5, 5.41) is 6.64. The molecule has 0 saturated carbocycles. The zero-order valence-corrected chi connectivity index (χ0v) is 13.6. The Morgan fingerprint density at radius 2 is 1.92 bits per heavy atom. The smallest absolute Gasteiger partial charge is 0.337 e. The van der Waals surface area contributed by atoms with E-state index in [-0.39, 0.29) is 11.8 Å². The molecule has 8 nitrogen and oxygen atoms in total. The summed E-state index contributed by atoms with van der Waals surface area (Å²) in [5.41, 5.74) is 1.51. The van der Waals surface area contributed by atoms with Crippen LogP contribution in [0.4, 0.5) is 0 Å². The second-order valence-corrected chi connectivity index (χ2v) is 5.23. The lowest BCUT2D eigenvalue weighted by Gasteiger charge is -2.07. The first kappa shape index (κ1) is 16.4. The quantitative estimate of drug-likeness (QED) is 0.711. The molecule has 0 radical (unpaired) electrons. The van der Waals surface area contributed by atoms with E-state index in [4.69, 9.17) is 8.94 Å². The van der Waals surface area contributed by atoms with E-state index in [1.165, 1.54) is 19.6 Å². The first-order valence-electron chi connectivity index (χ1n) is 7.44. The maximum atomic E-state index is 12.0. The van der Waals surface area contributed by atoms with Crippen molar-refractivity contribution in [3.8, 4) is 11.4 Å². The fraction of sp³-hybridized carbons (Fsp3) is 0.176. The Labute approximate surface area is 142 Å². The number of benzene rings is 1. The number of carbonyl (C=O) groups excluding carboxylic acids is 2. The van der Waals surface area contributed by atoms with Crippen LogP contribution in [-0.2, 0) is 4.74 Å². The van der Waals surface area contributed by atoms with Crippen molar-refractivity contribution in [3.05, 3.63) is 59.9 Å². The molecule has 0 fully saturated rings. The third kappa shape index (κ3) is 3.57. The van der Waals surface area contributed by atoms with Crippen molar-refractivity contribution in [2.45, 2.75) is 13.0 Å². The van der Waals surface area contributed by atoms with Gasteiger partial charge in [0, 0.05) is 5.56 Å². The van der Waals surface area contributed by atoms with Crippen molar-refractivity contribution in [1.82, 2.24) is 15.5 Å². The van der Waals surface area contributed by atoms with Gasteiger partial charge in [-0.05, 0) is 25.1 Å². The molecule has 2 heterocycles. The molecule has 0 aliphatic carbocycles. The molecule has 1 amide bonds. The SMILES string of the molecule is COC(=O)c1ccc(-c2noc([C@H](C)NC(=O)c3ccoc3)n2)cc1. The number of ether oxygens (including phenoxy) is 1. The number of rotatable bonds is 5. The highest BCUT2D eigenvalue weighted by Gasteiger charge is 2.19. The standard InChI is InChI=1S/C17H15N3O5/c1-10(18-15(21)13-7-8-24-9-13)16-19-14(20-25-16)11-3-5-12(6-4-11)17(22)23-2/h3-10H,1-2H3,(H,18,21)/t10-/m0/s1. The summed E-state index contributed by atoms with van der Waals surface area (Å²) in [7, 11) is 1.32. The molecule has 1 N–H and O–H groups in total. The van der Waals surface area contributed by atoms with E-state index in [2.05, 4.69) is 20.2 Å². The highest BCUT2D eigenvalue weighted by Crippen LogP contribution is 2.20. The van der Waals surface area contributed by atoms with Gasteiger partial charge in [-0.2, -0.15) is 4.98 Å². The van der Waals surface area contributed by atoms with Crippen LogP contribution in [0.1, 0.15) is 39.6 Å². The third-order valence-corrected chi connectivity index (χ3v) is 3.51. The summed E-state index contributed by atoms with van der Waals surface area (Å²) < 4.78 is 14.7. The number of methoxy groups -OCH3 is 1. The Morgan fingerprint density at radius 1 is 1.16 bits per heavy atom. The number of carbonyl (C=O) groups is 2. The molecule has 0 bridgehead atoms. The van der Waals surface area contributed by atoms with Gasteiger partial charge in [-0.1, -0.05) is 17.3 Å². The molecule has 0 unspecified atom stereocenters. The average Bonchev–Trinajstić information content (AvgIpc) is 3.33. The summed E-state index contributed by atoms with van der Waals surface area (Å²) in [6.45, 7) is 1.73. The average molecular weight is 341 g/mol. The van der Waals surface area contributed by atoms with E-state index in [1.807, 2.05) is 0 Å². The van der Waals surface area contributed by atoms with Gasteiger partial charge in [0.2, 0.25) is 11.7 Å². The van der Waals surface area contributed by atoms with Gasteiger partial charge in [-0.3, -0.25) is 4.79 Å². The van der Waals surface area contributed by atoms with Crippen molar-refractivity contribution >= 4 is 11.9 Å². The van der Waals surface area contributed by atoms with Gasteiger partial charge in [0.25, 0.3) is 5.91 Å². The van der Waals surface area contributed by atoms with Gasteiger partial charge in [0.05, 0.1) is 24.5 Å². The normalized spacial score (nSPS) is 11.8. The lowest BCUT2D eigenvalue weighted by molar-refractivity contribution is 0.0600. The Balaban J connectivity index is 1.71. The predicted molar refractivity (Wildman–Crippen MR) is 85.7 cm³/mol. The molecule has 0 aliphatic rings. The fourth-order valence-electron chi connectivity index (χ4n) is 2.14. The van der Waals surface area contributed by atoms with E-state index in [9.17, 15) is 9.59 Å². The third-order valence-electron chi connectivity index (χ3n) is 3.51. The van der Waals surface area contributed by atoms with E-state index in [1.54, 1.807) is 37.3 Å². The number of amides is 1. The van der Waals surface area contributed by atoms with Crippen LogP contribution >= 0.6 is 0 Å². The molecular formula is C17H15N3O5. The summed E-state index contributed by atoms with van der Waals surface area (Å²) in [5.74, 6) is -0.0981. The number of furan rings is 1. The molecule has 1 aromatic carbocycles.